The molecule has 0 radical (unpaired) electrons. The largest absolute Gasteiger partial charge is 0.355 e. The van der Waals surface area contributed by atoms with Crippen LogP contribution in [-0.2, 0) is 4.79 Å². The summed E-state index contributed by atoms with van der Waals surface area (Å²) in [5.74, 6) is 1.07. The Bertz CT molecular complexity index is 814. The Morgan fingerprint density at radius 1 is 1.00 bits per heavy atom. The average molecular weight is 408 g/mol. The SMILES string of the molecule is Cc1ccc(-c2ccc(N3CCC[C@@H](C(=O)NCCN4CCCCC4)C3)nn2)cc1. The van der Waals surface area contributed by atoms with E-state index in [9.17, 15) is 4.79 Å². The number of nitrogens with one attached hydrogen (secondary N) is 1. The maximum absolute atomic E-state index is 12.7. The van der Waals surface area contributed by atoms with E-state index in [0.29, 0.717) is 6.54 Å². The molecular weight excluding hydrogens is 374 g/mol. The molecule has 1 aromatic carbocycles. The molecule has 0 aliphatic carbocycles. The van der Waals surface area contributed by atoms with Gasteiger partial charge in [0.2, 0.25) is 5.91 Å². The minimum atomic E-state index is 0.0266. The van der Waals surface area contributed by atoms with E-state index in [1.165, 1.54) is 37.9 Å². The van der Waals surface area contributed by atoms with Gasteiger partial charge in [-0.1, -0.05) is 36.2 Å². The van der Waals surface area contributed by atoms with Crippen molar-refractivity contribution in [2.24, 2.45) is 5.92 Å². The van der Waals surface area contributed by atoms with Crippen LogP contribution in [0.25, 0.3) is 11.3 Å². The molecule has 2 aromatic rings. The van der Waals surface area contributed by atoms with Gasteiger partial charge in [-0.15, -0.1) is 10.2 Å². The van der Waals surface area contributed by atoms with Crippen LogP contribution in [0.1, 0.15) is 37.7 Å². The number of carbonyl (C=O) groups excluding carboxylic acids is 1. The molecule has 0 bridgehead atoms. The molecule has 2 aliphatic heterocycles. The summed E-state index contributed by atoms with van der Waals surface area (Å²) in [6.45, 7) is 7.78. The quantitative estimate of drug-likeness (QED) is 0.796. The average Bonchev–Trinajstić information content (AvgIpc) is 2.80. The normalized spacial score (nSPS) is 20.2. The zero-order valence-corrected chi connectivity index (χ0v) is 18.0. The number of benzene rings is 1. The molecule has 6 heteroatoms. The fraction of sp³-hybridized carbons (Fsp3) is 0.542. The Kier molecular flexibility index (Phi) is 6.95. The number of hydrogen-bond acceptors (Lipinski definition) is 5. The van der Waals surface area contributed by atoms with E-state index in [0.717, 1.165) is 49.6 Å². The third-order valence-corrected chi connectivity index (χ3v) is 6.29. The molecule has 0 spiro atoms. The number of carbonyl (C=O) groups is 1. The van der Waals surface area contributed by atoms with E-state index in [1.54, 1.807) is 0 Å². The molecule has 1 amide bonds. The molecule has 4 rings (SSSR count). The molecule has 2 saturated heterocycles. The van der Waals surface area contributed by atoms with Crippen LogP contribution in [-0.4, -0.2) is 60.3 Å². The second-order valence-electron chi connectivity index (χ2n) is 8.62. The molecule has 6 nitrogen and oxygen atoms in total. The minimum absolute atomic E-state index is 0.0266. The molecule has 1 N–H and O–H groups in total. The monoisotopic (exact) mass is 407 g/mol. The first-order valence-corrected chi connectivity index (χ1v) is 11.3. The van der Waals surface area contributed by atoms with Gasteiger partial charge in [0.15, 0.2) is 5.82 Å². The highest BCUT2D eigenvalue weighted by molar-refractivity contribution is 5.79. The number of rotatable bonds is 6. The summed E-state index contributed by atoms with van der Waals surface area (Å²) in [5, 5.41) is 12.0. The number of nitrogens with zero attached hydrogens (tertiary/aromatic N) is 4. The van der Waals surface area contributed by atoms with Crippen molar-refractivity contribution < 1.29 is 4.79 Å². The number of aromatic nitrogens is 2. The first-order chi connectivity index (χ1) is 14.7. The molecule has 160 valence electrons. The van der Waals surface area contributed by atoms with Gasteiger partial charge in [0.1, 0.15) is 0 Å². The lowest BCUT2D eigenvalue weighted by Gasteiger charge is -2.33. The van der Waals surface area contributed by atoms with Gasteiger partial charge in [-0.2, -0.15) is 0 Å². The van der Waals surface area contributed by atoms with Crippen LogP contribution in [0.3, 0.4) is 0 Å². The maximum atomic E-state index is 12.7. The van der Waals surface area contributed by atoms with Crippen molar-refractivity contribution >= 4 is 11.7 Å². The van der Waals surface area contributed by atoms with E-state index in [2.05, 4.69) is 56.5 Å². The van der Waals surface area contributed by atoms with Crippen LogP contribution in [0.15, 0.2) is 36.4 Å². The summed E-state index contributed by atoms with van der Waals surface area (Å²) in [7, 11) is 0. The number of likely N-dealkylation sites (tertiary alicyclic amines) is 1. The Balaban J connectivity index is 1.29. The first-order valence-electron chi connectivity index (χ1n) is 11.3. The fourth-order valence-electron chi connectivity index (χ4n) is 4.44. The molecule has 0 unspecified atom stereocenters. The highest BCUT2D eigenvalue weighted by Gasteiger charge is 2.26. The highest BCUT2D eigenvalue weighted by Crippen LogP contribution is 2.23. The number of piperidine rings is 2. The van der Waals surface area contributed by atoms with Crippen molar-refractivity contribution in [3.8, 4) is 11.3 Å². The second kappa shape index (κ2) is 10.0. The molecule has 2 fully saturated rings. The predicted octanol–water partition coefficient (Wildman–Crippen LogP) is 3.27. The molecule has 0 saturated carbocycles. The van der Waals surface area contributed by atoms with Gasteiger partial charge in [0.05, 0.1) is 11.6 Å². The minimum Gasteiger partial charge on any atom is -0.355 e. The maximum Gasteiger partial charge on any atom is 0.224 e. The van der Waals surface area contributed by atoms with E-state index in [-0.39, 0.29) is 11.8 Å². The summed E-state index contributed by atoms with van der Waals surface area (Å²) in [6, 6.07) is 12.4. The van der Waals surface area contributed by atoms with Gasteiger partial charge >= 0.3 is 0 Å². The number of hydrogen-bond donors (Lipinski definition) is 1. The summed E-state index contributed by atoms with van der Waals surface area (Å²) >= 11 is 0. The van der Waals surface area contributed by atoms with Crippen LogP contribution in [0, 0.1) is 12.8 Å². The Morgan fingerprint density at radius 2 is 1.80 bits per heavy atom. The summed E-state index contributed by atoms with van der Waals surface area (Å²) in [6.07, 6.45) is 5.87. The molecule has 2 aliphatic rings. The van der Waals surface area contributed by atoms with Crippen molar-refractivity contribution in [3.05, 3.63) is 42.0 Å². The third kappa shape index (κ3) is 5.36. The van der Waals surface area contributed by atoms with Crippen LogP contribution >= 0.6 is 0 Å². The summed E-state index contributed by atoms with van der Waals surface area (Å²) < 4.78 is 0. The Morgan fingerprint density at radius 3 is 2.53 bits per heavy atom. The lowest BCUT2D eigenvalue weighted by molar-refractivity contribution is -0.125. The van der Waals surface area contributed by atoms with Crippen molar-refractivity contribution in [3.63, 3.8) is 0 Å². The molecular formula is C24H33N5O. The number of amides is 1. The van der Waals surface area contributed by atoms with Crippen molar-refractivity contribution in [1.29, 1.82) is 0 Å². The number of aryl methyl sites for hydroxylation is 1. The van der Waals surface area contributed by atoms with Crippen LogP contribution in [0.2, 0.25) is 0 Å². The second-order valence-corrected chi connectivity index (χ2v) is 8.62. The van der Waals surface area contributed by atoms with Crippen LogP contribution in [0.5, 0.6) is 0 Å². The first kappa shape index (κ1) is 20.8. The molecule has 30 heavy (non-hydrogen) atoms. The van der Waals surface area contributed by atoms with Gasteiger partial charge in [-0.05, 0) is 57.8 Å². The van der Waals surface area contributed by atoms with Crippen molar-refractivity contribution in [2.75, 3.05) is 44.2 Å². The van der Waals surface area contributed by atoms with E-state index < -0.39 is 0 Å². The van der Waals surface area contributed by atoms with Crippen LogP contribution < -0.4 is 10.2 Å². The summed E-state index contributed by atoms with van der Waals surface area (Å²) in [5.41, 5.74) is 3.18. The van der Waals surface area contributed by atoms with Gasteiger partial charge < -0.3 is 15.1 Å². The zero-order valence-electron chi connectivity index (χ0n) is 18.0. The topological polar surface area (TPSA) is 61.4 Å². The molecule has 1 aromatic heterocycles. The van der Waals surface area contributed by atoms with Gasteiger partial charge in [0, 0.05) is 31.7 Å². The van der Waals surface area contributed by atoms with Crippen molar-refractivity contribution in [2.45, 2.75) is 39.0 Å². The third-order valence-electron chi connectivity index (χ3n) is 6.29. The molecule has 3 heterocycles. The van der Waals surface area contributed by atoms with E-state index in [1.807, 2.05) is 12.1 Å². The van der Waals surface area contributed by atoms with Crippen LogP contribution in [0.4, 0.5) is 5.82 Å². The van der Waals surface area contributed by atoms with Gasteiger partial charge in [-0.25, -0.2) is 0 Å². The van der Waals surface area contributed by atoms with Gasteiger partial charge in [0.25, 0.3) is 0 Å². The molecule has 1 atom stereocenters. The predicted molar refractivity (Wildman–Crippen MR) is 120 cm³/mol. The standard InChI is InChI=1S/C24H33N5O/c1-19-7-9-20(10-8-19)22-11-12-23(27-26-22)29-16-5-6-21(18-29)24(30)25-13-17-28-14-3-2-4-15-28/h7-12,21H,2-6,13-18H2,1H3,(H,25,30)/t21-/m1/s1. The Labute approximate surface area is 179 Å². The smallest absolute Gasteiger partial charge is 0.224 e. The lowest BCUT2D eigenvalue weighted by Crippen LogP contribution is -2.45. The highest BCUT2D eigenvalue weighted by atomic mass is 16.1. The van der Waals surface area contributed by atoms with Crippen molar-refractivity contribution in [1.82, 2.24) is 20.4 Å². The Hall–Kier alpha value is -2.47. The van der Waals surface area contributed by atoms with E-state index >= 15 is 0 Å². The van der Waals surface area contributed by atoms with Gasteiger partial charge in [-0.3, -0.25) is 4.79 Å². The summed E-state index contributed by atoms with van der Waals surface area (Å²) in [4.78, 5) is 17.4. The van der Waals surface area contributed by atoms with E-state index in [4.69, 9.17) is 0 Å². The zero-order chi connectivity index (χ0) is 20.8. The number of anilines is 1. The fourth-order valence-corrected chi connectivity index (χ4v) is 4.44. The lowest BCUT2D eigenvalue weighted by atomic mass is 9.97.